The van der Waals surface area contributed by atoms with Gasteiger partial charge in [-0.2, -0.15) is 11.8 Å². The molecule has 1 aromatic carbocycles. The lowest BCUT2D eigenvalue weighted by atomic mass is 10.2. The van der Waals surface area contributed by atoms with Gasteiger partial charge in [0.2, 0.25) is 0 Å². The number of carboxylic acids is 1. The first-order valence-electron chi connectivity index (χ1n) is 6.13. The van der Waals surface area contributed by atoms with Gasteiger partial charge in [-0.25, -0.2) is 4.79 Å². The van der Waals surface area contributed by atoms with Crippen LogP contribution < -0.4 is 5.32 Å². The lowest BCUT2D eigenvalue weighted by molar-refractivity contribution is -0.139. The predicted molar refractivity (Wildman–Crippen MR) is 83.7 cm³/mol. The van der Waals surface area contributed by atoms with Gasteiger partial charge in [0, 0.05) is 4.70 Å². The molecule has 0 saturated heterocycles. The summed E-state index contributed by atoms with van der Waals surface area (Å²) in [7, 11) is 0. The second-order valence-corrected chi connectivity index (χ2v) is 6.36. The fourth-order valence-electron chi connectivity index (χ4n) is 1.82. The number of thiophene rings is 1. The first-order valence-corrected chi connectivity index (χ1v) is 8.34. The van der Waals surface area contributed by atoms with Crippen LogP contribution >= 0.6 is 23.1 Å². The lowest BCUT2D eigenvalue weighted by Gasteiger charge is -2.12. The maximum atomic E-state index is 12.1. The number of fused-ring (bicyclic) bond motifs is 1. The molecule has 1 amide bonds. The highest BCUT2D eigenvalue weighted by atomic mass is 32.2. The molecule has 1 aromatic heterocycles. The highest BCUT2D eigenvalue weighted by Gasteiger charge is 2.21. The van der Waals surface area contributed by atoms with Crippen molar-refractivity contribution in [1.29, 1.82) is 0 Å². The molecule has 2 aromatic rings. The zero-order valence-electron chi connectivity index (χ0n) is 11.0. The maximum absolute atomic E-state index is 12.1. The van der Waals surface area contributed by atoms with Crippen molar-refractivity contribution >= 4 is 45.1 Å². The molecule has 20 heavy (non-hydrogen) atoms. The Morgan fingerprint density at radius 1 is 1.40 bits per heavy atom. The van der Waals surface area contributed by atoms with Gasteiger partial charge in [0.15, 0.2) is 0 Å². The largest absolute Gasteiger partial charge is 0.480 e. The van der Waals surface area contributed by atoms with Gasteiger partial charge in [0.25, 0.3) is 5.91 Å². The molecule has 2 N–H and O–H groups in total. The summed E-state index contributed by atoms with van der Waals surface area (Å²) in [4.78, 5) is 23.8. The molecule has 6 heteroatoms. The summed E-state index contributed by atoms with van der Waals surface area (Å²) in [6, 6.07) is 8.67. The molecule has 1 heterocycles. The van der Waals surface area contributed by atoms with E-state index in [1.807, 2.05) is 30.5 Å². The van der Waals surface area contributed by atoms with Crippen LogP contribution in [0.15, 0.2) is 30.3 Å². The Hall–Kier alpha value is -1.53. The monoisotopic (exact) mass is 309 g/mol. The molecule has 0 spiro atoms. The molecular formula is C14H15NO3S2. The minimum absolute atomic E-state index is 0.320. The van der Waals surface area contributed by atoms with Crippen molar-refractivity contribution in [3.8, 4) is 0 Å². The SMILES string of the molecule is CSCC[C@@H](NC(=O)c1cc2ccccc2s1)C(=O)O. The number of rotatable bonds is 6. The van der Waals surface area contributed by atoms with Crippen LogP contribution in [-0.4, -0.2) is 35.0 Å². The van der Waals surface area contributed by atoms with Crippen molar-refractivity contribution in [2.45, 2.75) is 12.5 Å². The molecule has 0 bridgehead atoms. The molecule has 0 aliphatic heterocycles. The zero-order chi connectivity index (χ0) is 14.5. The third-order valence-corrected chi connectivity index (χ3v) is 4.62. The van der Waals surface area contributed by atoms with Crippen LogP contribution in [0.2, 0.25) is 0 Å². The molecule has 4 nitrogen and oxygen atoms in total. The van der Waals surface area contributed by atoms with Crippen LogP contribution in [0.1, 0.15) is 16.1 Å². The van der Waals surface area contributed by atoms with Gasteiger partial charge in [-0.05, 0) is 35.9 Å². The van der Waals surface area contributed by atoms with E-state index in [1.165, 1.54) is 11.3 Å². The summed E-state index contributed by atoms with van der Waals surface area (Å²) >= 11 is 2.93. The Morgan fingerprint density at radius 2 is 2.15 bits per heavy atom. The van der Waals surface area contributed by atoms with E-state index >= 15 is 0 Å². The van der Waals surface area contributed by atoms with Crippen molar-refractivity contribution in [3.63, 3.8) is 0 Å². The number of amides is 1. The number of carbonyl (C=O) groups excluding carboxylic acids is 1. The maximum Gasteiger partial charge on any atom is 0.326 e. The van der Waals surface area contributed by atoms with E-state index in [1.54, 1.807) is 17.8 Å². The van der Waals surface area contributed by atoms with E-state index in [4.69, 9.17) is 5.11 Å². The number of hydrogen-bond acceptors (Lipinski definition) is 4. The van der Waals surface area contributed by atoms with Crippen LogP contribution in [0, 0.1) is 0 Å². The molecule has 0 unspecified atom stereocenters. The average Bonchev–Trinajstić information content (AvgIpc) is 2.86. The number of carbonyl (C=O) groups is 2. The minimum atomic E-state index is -0.992. The molecule has 1 atom stereocenters. The van der Waals surface area contributed by atoms with Gasteiger partial charge in [-0.1, -0.05) is 18.2 Å². The number of thioether (sulfide) groups is 1. The Morgan fingerprint density at radius 3 is 2.80 bits per heavy atom. The van der Waals surface area contributed by atoms with Crippen LogP contribution in [0.3, 0.4) is 0 Å². The van der Waals surface area contributed by atoms with Crippen LogP contribution in [0.5, 0.6) is 0 Å². The third kappa shape index (κ3) is 3.52. The molecule has 0 aliphatic carbocycles. The number of aliphatic carboxylic acids is 1. The molecule has 2 rings (SSSR count). The second-order valence-electron chi connectivity index (χ2n) is 4.29. The Kier molecular flexibility index (Phi) is 5.03. The summed E-state index contributed by atoms with van der Waals surface area (Å²) in [5.41, 5.74) is 0. The van der Waals surface area contributed by atoms with E-state index in [0.29, 0.717) is 17.1 Å². The highest BCUT2D eigenvalue weighted by molar-refractivity contribution is 7.98. The van der Waals surface area contributed by atoms with Crippen LogP contribution in [-0.2, 0) is 4.79 Å². The fourth-order valence-corrected chi connectivity index (χ4v) is 3.25. The number of benzene rings is 1. The molecule has 0 aliphatic rings. The van der Waals surface area contributed by atoms with E-state index in [2.05, 4.69) is 5.32 Å². The minimum Gasteiger partial charge on any atom is -0.480 e. The van der Waals surface area contributed by atoms with Crippen molar-refractivity contribution in [2.24, 2.45) is 0 Å². The summed E-state index contributed by atoms with van der Waals surface area (Å²) in [6.07, 6.45) is 2.33. The van der Waals surface area contributed by atoms with Gasteiger partial charge >= 0.3 is 5.97 Å². The summed E-state index contributed by atoms with van der Waals surface area (Å²) < 4.78 is 1.02. The second kappa shape index (κ2) is 6.76. The van der Waals surface area contributed by atoms with Crippen molar-refractivity contribution in [3.05, 3.63) is 35.2 Å². The first-order chi connectivity index (χ1) is 9.61. The Labute approximate surface area is 125 Å². The molecule has 0 radical (unpaired) electrons. The molecule has 0 fully saturated rings. The predicted octanol–water partition coefficient (Wildman–Crippen LogP) is 2.84. The zero-order valence-corrected chi connectivity index (χ0v) is 12.6. The first kappa shape index (κ1) is 14.9. The standard InChI is InChI=1S/C14H15NO3S2/c1-19-7-6-10(14(17)18)15-13(16)12-8-9-4-2-3-5-11(9)20-12/h2-5,8,10H,6-7H2,1H3,(H,15,16)(H,17,18)/t10-/m1/s1. The quantitative estimate of drug-likeness (QED) is 0.861. The highest BCUT2D eigenvalue weighted by Crippen LogP contribution is 2.25. The number of nitrogens with one attached hydrogen (secondary N) is 1. The van der Waals surface area contributed by atoms with E-state index in [9.17, 15) is 9.59 Å². The lowest BCUT2D eigenvalue weighted by Crippen LogP contribution is -2.40. The fraction of sp³-hybridized carbons (Fsp3) is 0.286. The number of hydrogen-bond donors (Lipinski definition) is 2. The third-order valence-electron chi connectivity index (χ3n) is 2.86. The number of carboxylic acid groups (broad SMARTS) is 1. The van der Waals surface area contributed by atoms with Gasteiger partial charge in [-0.15, -0.1) is 11.3 Å². The summed E-state index contributed by atoms with van der Waals surface area (Å²) in [5.74, 6) is -0.614. The van der Waals surface area contributed by atoms with Gasteiger partial charge in [0.05, 0.1) is 4.88 Å². The van der Waals surface area contributed by atoms with E-state index < -0.39 is 12.0 Å². The van der Waals surface area contributed by atoms with Gasteiger partial charge < -0.3 is 10.4 Å². The summed E-state index contributed by atoms with van der Waals surface area (Å²) in [6.45, 7) is 0. The Balaban J connectivity index is 2.11. The topological polar surface area (TPSA) is 66.4 Å². The molecule has 106 valence electrons. The van der Waals surface area contributed by atoms with Gasteiger partial charge in [0.1, 0.15) is 6.04 Å². The average molecular weight is 309 g/mol. The van der Waals surface area contributed by atoms with Crippen molar-refractivity contribution in [2.75, 3.05) is 12.0 Å². The smallest absolute Gasteiger partial charge is 0.326 e. The summed E-state index contributed by atoms with van der Waals surface area (Å²) in [5, 5.41) is 12.7. The Bertz CT molecular complexity index is 591. The van der Waals surface area contributed by atoms with Crippen molar-refractivity contribution < 1.29 is 14.7 Å². The normalized spacial score (nSPS) is 12.2. The van der Waals surface area contributed by atoms with Crippen molar-refractivity contribution in [1.82, 2.24) is 5.32 Å². The van der Waals surface area contributed by atoms with Gasteiger partial charge in [-0.3, -0.25) is 4.79 Å². The van der Waals surface area contributed by atoms with E-state index in [0.717, 1.165) is 10.1 Å². The van der Waals surface area contributed by atoms with E-state index in [-0.39, 0.29) is 5.91 Å². The van der Waals surface area contributed by atoms with Crippen LogP contribution in [0.25, 0.3) is 10.1 Å². The molecular weight excluding hydrogens is 294 g/mol. The molecule has 0 saturated carbocycles. The van der Waals surface area contributed by atoms with Crippen LogP contribution in [0.4, 0.5) is 0 Å².